The summed E-state index contributed by atoms with van der Waals surface area (Å²) in [5.74, 6) is 1.88. The molecule has 3 nitrogen and oxygen atoms in total. The number of nitrogens with one attached hydrogen (secondary N) is 1. The standard InChI is InChI=1S/C14H20N2O/c1-9(10-2-3-10)16-12-4-5-14-11(6-12)7-13(8-15)17-14/h4-6,9-10,13,16H,2-3,7-8,15H2,1H3. The van der Waals surface area contributed by atoms with E-state index in [1.807, 2.05) is 0 Å². The van der Waals surface area contributed by atoms with Gasteiger partial charge in [0.25, 0.3) is 0 Å². The van der Waals surface area contributed by atoms with E-state index in [0.717, 1.165) is 18.1 Å². The van der Waals surface area contributed by atoms with Gasteiger partial charge in [0.2, 0.25) is 0 Å². The number of ether oxygens (including phenoxy) is 1. The van der Waals surface area contributed by atoms with Crippen molar-refractivity contribution < 1.29 is 4.74 Å². The first-order valence-electron chi connectivity index (χ1n) is 6.52. The van der Waals surface area contributed by atoms with Gasteiger partial charge in [0.05, 0.1) is 0 Å². The van der Waals surface area contributed by atoms with Gasteiger partial charge in [-0.2, -0.15) is 0 Å². The van der Waals surface area contributed by atoms with Gasteiger partial charge in [0, 0.05) is 24.7 Å². The van der Waals surface area contributed by atoms with Crippen LogP contribution in [0.5, 0.6) is 5.75 Å². The van der Waals surface area contributed by atoms with Crippen LogP contribution in [-0.2, 0) is 6.42 Å². The molecule has 1 heterocycles. The molecule has 0 bridgehead atoms. The Hall–Kier alpha value is -1.22. The Balaban J connectivity index is 1.71. The van der Waals surface area contributed by atoms with E-state index < -0.39 is 0 Å². The lowest BCUT2D eigenvalue weighted by molar-refractivity contribution is 0.241. The number of nitrogens with two attached hydrogens (primary N) is 1. The zero-order chi connectivity index (χ0) is 11.8. The first-order chi connectivity index (χ1) is 8.26. The molecule has 1 saturated carbocycles. The molecule has 0 amide bonds. The highest BCUT2D eigenvalue weighted by atomic mass is 16.5. The molecule has 1 aromatic carbocycles. The molecule has 0 radical (unpaired) electrons. The van der Waals surface area contributed by atoms with E-state index >= 15 is 0 Å². The van der Waals surface area contributed by atoms with Crippen LogP contribution in [0.1, 0.15) is 25.3 Å². The van der Waals surface area contributed by atoms with E-state index in [1.165, 1.54) is 24.1 Å². The summed E-state index contributed by atoms with van der Waals surface area (Å²) in [6.45, 7) is 2.86. The second kappa shape index (κ2) is 4.22. The highest BCUT2D eigenvalue weighted by Gasteiger charge is 2.28. The van der Waals surface area contributed by atoms with Crippen LogP contribution in [0.25, 0.3) is 0 Å². The van der Waals surface area contributed by atoms with Crippen LogP contribution >= 0.6 is 0 Å². The normalized spacial score (nSPS) is 24.0. The topological polar surface area (TPSA) is 47.3 Å². The Kier molecular flexibility index (Phi) is 2.71. The second-order valence-corrected chi connectivity index (χ2v) is 5.27. The number of benzene rings is 1. The van der Waals surface area contributed by atoms with Crippen LogP contribution in [0.4, 0.5) is 5.69 Å². The third-order valence-corrected chi connectivity index (χ3v) is 3.79. The van der Waals surface area contributed by atoms with E-state index in [0.29, 0.717) is 12.6 Å². The Bertz CT molecular complexity index is 415. The van der Waals surface area contributed by atoms with E-state index in [4.69, 9.17) is 10.5 Å². The molecule has 92 valence electrons. The predicted octanol–water partition coefficient (Wildman–Crippen LogP) is 2.16. The van der Waals surface area contributed by atoms with Gasteiger partial charge in [0.15, 0.2) is 0 Å². The number of fused-ring (bicyclic) bond motifs is 1. The molecule has 0 spiro atoms. The zero-order valence-electron chi connectivity index (χ0n) is 10.3. The van der Waals surface area contributed by atoms with Crippen LogP contribution in [0, 0.1) is 5.92 Å². The van der Waals surface area contributed by atoms with Crippen molar-refractivity contribution in [3.05, 3.63) is 23.8 Å². The van der Waals surface area contributed by atoms with Crippen LogP contribution < -0.4 is 15.8 Å². The third-order valence-electron chi connectivity index (χ3n) is 3.79. The van der Waals surface area contributed by atoms with Crippen molar-refractivity contribution in [2.24, 2.45) is 11.7 Å². The summed E-state index contributed by atoms with van der Waals surface area (Å²) in [6, 6.07) is 6.97. The van der Waals surface area contributed by atoms with Crippen molar-refractivity contribution in [2.75, 3.05) is 11.9 Å². The van der Waals surface area contributed by atoms with Gasteiger partial charge in [-0.25, -0.2) is 0 Å². The summed E-state index contributed by atoms with van der Waals surface area (Å²) in [6.07, 6.45) is 3.86. The molecule has 1 fully saturated rings. The molecule has 2 atom stereocenters. The van der Waals surface area contributed by atoms with E-state index in [9.17, 15) is 0 Å². The van der Waals surface area contributed by atoms with Gasteiger partial charge in [-0.3, -0.25) is 0 Å². The van der Waals surface area contributed by atoms with E-state index in [-0.39, 0.29) is 6.10 Å². The van der Waals surface area contributed by atoms with Gasteiger partial charge in [-0.1, -0.05) is 0 Å². The Morgan fingerprint density at radius 1 is 1.47 bits per heavy atom. The Labute approximate surface area is 102 Å². The molecule has 2 unspecified atom stereocenters. The highest BCUT2D eigenvalue weighted by Crippen LogP contribution is 2.35. The lowest BCUT2D eigenvalue weighted by Gasteiger charge is -2.14. The lowest BCUT2D eigenvalue weighted by atomic mass is 10.1. The summed E-state index contributed by atoms with van der Waals surface area (Å²) in [5, 5.41) is 3.58. The molecule has 17 heavy (non-hydrogen) atoms. The molecule has 3 heteroatoms. The first-order valence-corrected chi connectivity index (χ1v) is 6.52. The van der Waals surface area contributed by atoms with Crippen molar-refractivity contribution in [3.8, 4) is 5.75 Å². The average Bonchev–Trinajstić information content (AvgIpc) is 3.09. The maximum Gasteiger partial charge on any atom is 0.123 e. The molecule has 1 aliphatic carbocycles. The third kappa shape index (κ3) is 2.25. The zero-order valence-corrected chi connectivity index (χ0v) is 10.3. The first kappa shape index (κ1) is 10.9. The molecule has 1 aromatic rings. The van der Waals surface area contributed by atoms with E-state index in [1.54, 1.807) is 0 Å². The molecule has 0 saturated heterocycles. The number of hydrogen-bond donors (Lipinski definition) is 2. The van der Waals surface area contributed by atoms with Crippen molar-refractivity contribution in [1.82, 2.24) is 0 Å². The monoisotopic (exact) mass is 232 g/mol. The largest absolute Gasteiger partial charge is 0.488 e. The van der Waals surface area contributed by atoms with Crippen LogP contribution in [0.2, 0.25) is 0 Å². The fraction of sp³-hybridized carbons (Fsp3) is 0.571. The predicted molar refractivity (Wildman–Crippen MR) is 69.4 cm³/mol. The maximum absolute atomic E-state index is 5.72. The fourth-order valence-corrected chi connectivity index (χ4v) is 2.52. The summed E-state index contributed by atoms with van der Waals surface area (Å²) in [7, 11) is 0. The second-order valence-electron chi connectivity index (χ2n) is 5.27. The van der Waals surface area contributed by atoms with Crippen molar-refractivity contribution in [3.63, 3.8) is 0 Å². The molecule has 2 aliphatic rings. The minimum absolute atomic E-state index is 0.168. The summed E-state index contributed by atoms with van der Waals surface area (Å²) < 4.78 is 5.72. The smallest absolute Gasteiger partial charge is 0.123 e. The maximum atomic E-state index is 5.72. The van der Waals surface area contributed by atoms with Gasteiger partial charge in [0.1, 0.15) is 11.9 Å². The van der Waals surface area contributed by atoms with Crippen molar-refractivity contribution in [2.45, 2.75) is 38.3 Å². The Morgan fingerprint density at radius 2 is 2.29 bits per heavy atom. The Morgan fingerprint density at radius 3 is 3.00 bits per heavy atom. The van der Waals surface area contributed by atoms with E-state index in [2.05, 4.69) is 30.4 Å². The van der Waals surface area contributed by atoms with Crippen molar-refractivity contribution in [1.29, 1.82) is 0 Å². The SMILES string of the molecule is CC(Nc1ccc2c(c1)CC(CN)O2)C1CC1. The minimum atomic E-state index is 0.168. The van der Waals surface area contributed by atoms with Gasteiger partial charge in [-0.15, -0.1) is 0 Å². The van der Waals surface area contributed by atoms with Crippen LogP contribution in [0.3, 0.4) is 0 Å². The lowest BCUT2D eigenvalue weighted by Crippen LogP contribution is -2.24. The number of rotatable bonds is 4. The van der Waals surface area contributed by atoms with Gasteiger partial charge in [-0.05, 0) is 49.4 Å². The molecule has 3 rings (SSSR count). The number of hydrogen-bond acceptors (Lipinski definition) is 3. The van der Waals surface area contributed by atoms with Gasteiger partial charge >= 0.3 is 0 Å². The highest BCUT2D eigenvalue weighted by molar-refractivity contribution is 5.53. The molecular weight excluding hydrogens is 212 g/mol. The fourth-order valence-electron chi connectivity index (χ4n) is 2.52. The van der Waals surface area contributed by atoms with Crippen molar-refractivity contribution >= 4 is 5.69 Å². The molecule has 0 aromatic heterocycles. The quantitative estimate of drug-likeness (QED) is 0.836. The summed E-state index contributed by atoms with van der Waals surface area (Å²) in [5.41, 5.74) is 8.14. The average molecular weight is 232 g/mol. The molecule has 1 aliphatic heterocycles. The van der Waals surface area contributed by atoms with Crippen LogP contribution in [0.15, 0.2) is 18.2 Å². The van der Waals surface area contributed by atoms with Gasteiger partial charge < -0.3 is 15.8 Å². The number of anilines is 1. The minimum Gasteiger partial charge on any atom is -0.488 e. The van der Waals surface area contributed by atoms with Crippen LogP contribution in [-0.4, -0.2) is 18.7 Å². The summed E-state index contributed by atoms with van der Waals surface area (Å²) in [4.78, 5) is 0. The molecule has 3 N–H and O–H groups in total. The summed E-state index contributed by atoms with van der Waals surface area (Å²) >= 11 is 0. The molecular formula is C14H20N2O.